The van der Waals surface area contributed by atoms with Gasteiger partial charge in [0.2, 0.25) is 11.8 Å². The van der Waals surface area contributed by atoms with Crippen molar-refractivity contribution in [3.8, 4) is 0 Å². The molecular formula is C33H35N5O6. The summed E-state index contributed by atoms with van der Waals surface area (Å²) in [5.41, 5.74) is 9.21. The minimum atomic E-state index is -1.13. The number of amides is 4. The van der Waals surface area contributed by atoms with Gasteiger partial charge in [-0.1, -0.05) is 84.9 Å². The predicted molar refractivity (Wildman–Crippen MR) is 163 cm³/mol. The molecule has 0 bridgehead atoms. The van der Waals surface area contributed by atoms with Crippen molar-refractivity contribution in [2.45, 2.75) is 50.4 Å². The number of benzene rings is 3. The third kappa shape index (κ3) is 7.23. The smallest absolute Gasteiger partial charge is 0.435 e. The number of nitrogens with two attached hydrogens (primary N) is 1. The Labute approximate surface area is 255 Å². The number of piperidine rings is 1. The van der Waals surface area contributed by atoms with Gasteiger partial charge in [-0.05, 0) is 41.9 Å². The van der Waals surface area contributed by atoms with Crippen molar-refractivity contribution in [2.24, 2.45) is 10.7 Å². The Kier molecular flexibility index (Phi) is 9.53. The third-order valence-corrected chi connectivity index (χ3v) is 8.14. The average Bonchev–Trinajstić information content (AvgIpc) is 3.03. The van der Waals surface area contributed by atoms with Crippen LogP contribution in [0.4, 0.5) is 9.59 Å². The van der Waals surface area contributed by atoms with Crippen molar-refractivity contribution < 1.29 is 29.0 Å². The fourth-order valence-corrected chi connectivity index (χ4v) is 5.59. The van der Waals surface area contributed by atoms with E-state index in [0.29, 0.717) is 31.4 Å². The molecule has 0 aliphatic carbocycles. The molecule has 3 aromatic carbocycles. The van der Waals surface area contributed by atoms with E-state index >= 15 is 0 Å². The van der Waals surface area contributed by atoms with Gasteiger partial charge in [0, 0.05) is 25.2 Å². The summed E-state index contributed by atoms with van der Waals surface area (Å²) in [7, 11) is 0. The number of aliphatic imine (C=N–C) groups is 1. The van der Waals surface area contributed by atoms with Gasteiger partial charge in [0.25, 0.3) is 0 Å². The maximum absolute atomic E-state index is 13.5. The Morgan fingerprint density at radius 1 is 0.841 bits per heavy atom. The Morgan fingerprint density at radius 3 is 2.14 bits per heavy atom. The van der Waals surface area contributed by atoms with Crippen molar-refractivity contribution in [3.63, 3.8) is 0 Å². The molecule has 11 nitrogen and oxygen atoms in total. The second kappa shape index (κ2) is 13.9. The molecule has 228 valence electrons. The van der Waals surface area contributed by atoms with Crippen LogP contribution in [-0.4, -0.2) is 69.9 Å². The van der Waals surface area contributed by atoms with Gasteiger partial charge in [-0.15, -0.1) is 0 Å². The zero-order chi connectivity index (χ0) is 31.1. The standard InChI is InChI=1S/C33H35N5O6/c34-29(36-32(41)44-21-23-7-3-1-4-8-23)25-13-11-22(12-14-25)20-35-30(39)27-16-18-37(27)31(40)28-19-26(15-17-38(28)33(42)43)24-9-5-2-6-10-24/h1-14,26-28H,15-21H2,(H,35,39)(H,42,43)(H2,34,36,41)/t26-,27-,28+/m0/s1. The molecule has 5 rings (SSSR count). The van der Waals surface area contributed by atoms with Crippen molar-refractivity contribution in [1.82, 2.24) is 15.1 Å². The second-order valence-corrected chi connectivity index (χ2v) is 10.9. The van der Waals surface area contributed by atoms with E-state index in [0.717, 1.165) is 16.7 Å². The highest BCUT2D eigenvalue weighted by Gasteiger charge is 2.45. The number of rotatable bonds is 8. The van der Waals surface area contributed by atoms with Gasteiger partial charge < -0.3 is 25.8 Å². The van der Waals surface area contributed by atoms with Gasteiger partial charge >= 0.3 is 12.2 Å². The molecule has 0 unspecified atom stereocenters. The van der Waals surface area contributed by atoms with E-state index in [2.05, 4.69) is 10.3 Å². The zero-order valence-corrected chi connectivity index (χ0v) is 24.2. The molecule has 0 saturated carbocycles. The lowest BCUT2D eigenvalue weighted by Crippen LogP contribution is -2.63. The Bertz CT molecular complexity index is 1510. The first-order valence-electron chi connectivity index (χ1n) is 14.6. The topological polar surface area (TPSA) is 155 Å². The van der Waals surface area contributed by atoms with E-state index in [1.165, 1.54) is 9.80 Å². The van der Waals surface area contributed by atoms with Gasteiger partial charge in [-0.2, -0.15) is 4.99 Å². The number of carboxylic acid groups (broad SMARTS) is 1. The first kappa shape index (κ1) is 30.3. The fourth-order valence-electron chi connectivity index (χ4n) is 5.59. The van der Waals surface area contributed by atoms with Crippen molar-refractivity contribution in [1.29, 1.82) is 0 Å². The Hall–Kier alpha value is -5.19. The molecule has 11 heteroatoms. The monoisotopic (exact) mass is 597 g/mol. The van der Waals surface area contributed by atoms with Gasteiger partial charge in [-0.25, -0.2) is 9.59 Å². The first-order chi connectivity index (χ1) is 21.3. The second-order valence-electron chi connectivity index (χ2n) is 10.9. The van der Waals surface area contributed by atoms with E-state index in [9.17, 15) is 24.3 Å². The number of ether oxygens (including phenoxy) is 1. The summed E-state index contributed by atoms with van der Waals surface area (Å²) in [5.74, 6) is -0.555. The fraction of sp³-hybridized carbons (Fsp3) is 0.303. The van der Waals surface area contributed by atoms with Crippen LogP contribution in [0.3, 0.4) is 0 Å². The number of carbonyl (C=O) groups is 4. The number of hydrogen-bond acceptors (Lipinski definition) is 5. The first-order valence-corrected chi connectivity index (χ1v) is 14.6. The quantitative estimate of drug-likeness (QED) is 0.263. The molecule has 3 atom stereocenters. The highest BCUT2D eigenvalue weighted by molar-refractivity contribution is 6.02. The summed E-state index contributed by atoms with van der Waals surface area (Å²) in [4.78, 5) is 57.1. The van der Waals surface area contributed by atoms with Crippen molar-refractivity contribution in [2.75, 3.05) is 13.1 Å². The van der Waals surface area contributed by atoms with Crippen LogP contribution in [-0.2, 0) is 27.5 Å². The number of likely N-dealkylation sites (tertiary alicyclic amines) is 2. The minimum absolute atomic E-state index is 0.00916. The number of hydrogen-bond donors (Lipinski definition) is 3. The Balaban J connectivity index is 1.13. The average molecular weight is 598 g/mol. The van der Waals surface area contributed by atoms with Crippen LogP contribution in [0.25, 0.3) is 0 Å². The van der Waals surface area contributed by atoms with Crippen LogP contribution < -0.4 is 11.1 Å². The van der Waals surface area contributed by atoms with Crippen LogP contribution in [0.15, 0.2) is 89.9 Å². The molecule has 3 aromatic rings. The van der Waals surface area contributed by atoms with E-state index < -0.39 is 24.3 Å². The molecule has 2 heterocycles. The molecule has 4 N–H and O–H groups in total. The number of carbonyl (C=O) groups excluding carboxylic acids is 3. The number of amidine groups is 1. The lowest BCUT2D eigenvalue weighted by Gasteiger charge is -2.45. The summed E-state index contributed by atoms with van der Waals surface area (Å²) in [6.07, 6.45) is -0.402. The highest BCUT2D eigenvalue weighted by Crippen LogP contribution is 2.34. The molecule has 2 fully saturated rings. The predicted octanol–water partition coefficient (Wildman–Crippen LogP) is 3.87. The number of nitrogens with one attached hydrogen (secondary N) is 1. The third-order valence-electron chi connectivity index (χ3n) is 8.14. The van der Waals surface area contributed by atoms with Crippen LogP contribution >= 0.6 is 0 Å². The highest BCUT2D eigenvalue weighted by atomic mass is 16.5. The van der Waals surface area contributed by atoms with E-state index in [1.807, 2.05) is 60.7 Å². The van der Waals surface area contributed by atoms with E-state index in [4.69, 9.17) is 10.5 Å². The summed E-state index contributed by atoms with van der Waals surface area (Å²) >= 11 is 0. The molecule has 2 aliphatic rings. The summed E-state index contributed by atoms with van der Waals surface area (Å²) in [6.45, 7) is 0.967. The van der Waals surface area contributed by atoms with Crippen LogP contribution in [0.2, 0.25) is 0 Å². The lowest BCUT2D eigenvalue weighted by atomic mass is 9.84. The molecule has 0 aromatic heterocycles. The van der Waals surface area contributed by atoms with Crippen molar-refractivity contribution in [3.05, 3.63) is 107 Å². The van der Waals surface area contributed by atoms with Crippen molar-refractivity contribution >= 4 is 29.8 Å². The summed E-state index contributed by atoms with van der Waals surface area (Å²) in [5, 5.41) is 12.6. The molecule has 2 aliphatic heterocycles. The van der Waals surface area contributed by atoms with Crippen LogP contribution in [0, 0.1) is 0 Å². The molecule has 0 spiro atoms. The maximum Gasteiger partial charge on any atom is 0.435 e. The van der Waals surface area contributed by atoms with Gasteiger partial charge in [-0.3, -0.25) is 14.5 Å². The van der Waals surface area contributed by atoms with Crippen LogP contribution in [0.5, 0.6) is 0 Å². The van der Waals surface area contributed by atoms with Gasteiger partial charge in [0.15, 0.2) is 0 Å². The molecule has 2 saturated heterocycles. The van der Waals surface area contributed by atoms with Crippen LogP contribution in [0.1, 0.15) is 47.4 Å². The molecule has 0 radical (unpaired) electrons. The SMILES string of the molecule is NC(=NC(=O)OCc1ccccc1)c1ccc(CNC(=O)[C@@H]2CCN2C(=O)[C@H]2C[C@@H](c3ccccc3)CCN2C(=O)O)cc1. The summed E-state index contributed by atoms with van der Waals surface area (Å²) < 4.78 is 5.14. The normalized spacial score (nSPS) is 19.9. The van der Waals surface area contributed by atoms with Gasteiger partial charge in [0.05, 0.1) is 0 Å². The minimum Gasteiger partial charge on any atom is -0.465 e. The Morgan fingerprint density at radius 2 is 1.50 bits per heavy atom. The lowest BCUT2D eigenvalue weighted by molar-refractivity contribution is -0.152. The number of nitrogens with zero attached hydrogens (tertiary/aromatic N) is 3. The molecule has 4 amide bonds. The zero-order valence-electron chi connectivity index (χ0n) is 24.2. The van der Waals surface area contributed by atoms with Gasteiger partial charge in [0.1, 0.15) is 24.5 Å². The largest absolute Gasteiger partial charge is 0.465 e. The molecule has 44 heavy (non-hydrogen) atoms. The van der Waals surface area contributed by atoms with E-state index in [-0.39, 0.29) is 43.3 Å². The van der Waals surface area contributed by atoms with E-state index in [1.54, 1.807) is 24.3 Å². The summed E-state index contributed by atoms with van der Waals surface area (Å²) in [6, 6.07) is 24.4. The molecular weight excluding hydrogens is 562 g/mol. The maximum atomic E-state index is 13.5.